The second-order valence-corrected chi connectivity index (χ2v) is 6.38. The van der Waals surface area contributed by atoms with Crippen LogP contribution in [0.2, 0.25) is 0 Å². The highest BCUT2D eigenvalue weighted by Crippen LogP contribution is 2.28. The summed E-state index contributed by atoms with van der Waals surface area (Å²) in [5.41, 5.74) is 4.26. The van der Waals surface area contributed by atoms with E-state index in [0.29, 0.717) is 12.1 Å². The number of benzene rings is 1. The van der Waals surface area contributed by atoms with E-state index in [4.69, 9.17) is 0 Å². The van der Waals surface area contributed by atoms with E-state index in [1.54, 1.807) is 6.20 Å². The first kappa shape index (κ1) is 14.7. The van der Waals surface area contributed by atoms with Crippen LogP contribution in [0.25, 0.3) is 0 Å². The molecule has 0 aliphatic carbocycles. The molecule has 0 aliphatic heterocycles. The minimum atomic E-state index is -0.609. The Balaban J connectivity index is 2.28. The third-order valence-electron chi connectivity index (χ3n) is 3.19. The van der Waals surface area contributed by atoms with Gasteiger partial charge in [-0.15, -0.1) is 0 Å². The number of aliphatic hydroxyl groups excluding tert-OH is 1. The molecule has 0 amide bonds. The van der Waals surface area contributed by atoms with Crippen LogP contribution >= 0.6 is 31.9 Å². The van der Waals surface area contributed by atoms with Crippen LogP contribution in [0.4, 0.5) is 0 Å². The monoisotopic (exact) mass is 383 g/mol. The molecule has 0 saturated heterocycles. The predicted molar refractivity (Wildman–Crippen MR) is 84.2 cm³/mol. The number of nitrogens with zero attached hydrogens (tertiary/aromatic N) is 1. The number of aryl methyl sites for hydroxylation is 2. The third-order valence-corrected chi connectivity index (χ3v) is 4.26. The highest BCUT2D eigenvalue weighted by molar-refractivity contribution is 9.11. The number of rotatable bonds is 3. The van der Waals surface area contributed by atoms with Crippen molar-refractivity contribution in [2.75, 3.05) is 0 Å². The molecular weight excluding hydrogens is 370 g/mol. The average Bonchev–Trinajstić information content (AvgIpc) is 2.33. The van der Waals surface area contributed by atoms with Crippen LogP contribution in [0.5, 0.6) is 0 Å². The van der Waals surface area contributed by atoms with Gasteiger partial charge < -0.3 is 5.11 Å². The van der Waals surface area contributed by atoms with E-state index in [9.17, 15) is 5.11 Å². The lowest BCUT2D eigenvalue weighted by molar-refractivity contribution is 0.172. The lowest BCUT2D eigenvalue weighted by Crippen LogP contribution is -2.07. The Morgan fingerprint density at radius 3 is 2.42 bits per heavy atom. The van der Waals surface area contributed by atoms with E-state index < -0.39 is 6.10 Å². The molecule has 1 unspecified atom stereocenters. The number of halogens is 2. The van der Waals surface area contributed by atoms with Crippen LogP contribution in [0.3, 0.4) is 0 Å². The van der Waals surface area contributed by atoms with Crippen LogP contribution < -0.4 is 0 Å². The van der Waals surface area contributed by atoms with Gasteiger partial charge >= 0.3 is 0 Å². The topological polar surface area (TPSA) is 33.1 Å². The Morgan fingerprint density at radius 1 is 1.21 bits per heavy atom. The number of hydrogen-bond donors (Lipinski definition) is 1. The van der Waals surface area contributed by atoms with Gasteiger partial charge in [-0.05, 0) is 68.5 Å². The fourth-order valence-corrected chi connectivity index (χ4v) is 3.38. The molecule has 1 aromatic heterocycles. The summed E-state index contributed by atoms with van der Waals surface area (Å²) in [6, 6.07) is 8.07. The highest BCUT2D eigenvalue weighted by atomic mass is 79.9. The molecular formula is C15H15Br2NO. The summed E-state index contributed by atoms with van der Waals surface area (Å²) in [7, 11) is 0. The van der Waals surface area contributed by atoms with Crippen molar-refractivity contribution >= 4 is 31.9 Å². The van der Waals surface area contributed by atoms with Crippen LogP contribution in [0, 0.1) is 13.8 Å². The SMILES string of the molecule is Cc1cccc(C)c1CC(O)c1ncc(Br)cc1Br. The summed E-state index contributed by atoms with van der Waals surface area (Å²) >= 11 is 6.81. The summed E-state index contributed by atoms with van der Waals surface area (Å²) in [5, 5.41) is 10.4. The molecule has 100 valence electrons. The van der Waals surface area contributed by atoms with Crippen molar-refractivity contribution in [1.82, 2.24) is 4.98 Å². The molecule has 0 saturated carbocycles. The zero-order valence-corrected chi connectivity index (χ0v) is 14.0. The van der Waals surface area contributed by atoms with Crippen LogP contribution in [-0.4, -0.2) is 10.1 Å². The van der Waals surface area contributed by atoms with Gasteiger partial charge in [0.2, 0.25) is 0 Å². The Bertz CT molecular complexity index is 578. The smallest absolute Gasteiger partial charge is 0.101 e. The van der Waals surface area contributed by atoms with Crippen LogP contribution in [0.15, 0.2) is 39.4 Å². The van der Waals surface area contributed by atoms with Crippen molar-refractivity contribution in [2.45, 2.75) is 26.4 Å². The number of pyridine rings is 1. The second kappa shape index (κ2) is 6.16. The largest absolute Gasteiger partial charge is 0.386 e. The molecule has 2 aromatic rings. The van der Waals surface area contributed by atoms with Gasteiger partial charge in [-0.25, -0.2) is 0 Å². The lowest BCUT2D eigenvalue weighted by Gasteiger charge is -2.15. The van der Waals surface area contributed by atoms with Crippen molar-refractivity contribution in [3.63, 3.8) is 0 Å². The first-order valence-electron chi connectivity index (χ1n) is 6.03. The van der Waals surface area contributed by atoms with E-state index in [1.807, 2.05) is 12.1 Å². The summed E-state index contributed by atoms with van der Waals surface area (Å²) in [5.74, 6) is 0. The lowest BCUT2D eigenvalue weighted by atomic mass is 9.96. The average molecular weight is 385 g/mol. The summed E-state index contributed by atoms with van der Waals surface area (Å²) in [6.07, 6.45) is 1.67. The molecule has 0 bridgehead atoms. The predicted octanol–water partition coefficient (Wildman–Crippen LogP) is 4.50. The standard InChI is InChI=1S/C15H15Br2NO/c1-9-4-3-5-10(2)12(9)7-14(19)15-13(17)6-11(16)8-18-15/h3-6,8,14,19H,7H2,1-2H3. The Labute approximate surface area is 130 Å². The Morgan fingerprint density at radius 2 is 1.84 bits per heavy atom. The molecule has 0 spiro atoms. The molecule has 1 N–H and O–H groups in total. The molecule has 1 aromatic carbocycles. The zero-order valence-electron chi connectivity index (χ0n) is 10.8. The summed E-state index contributed by atoms with van der Waals surface area (Å²) in [6.45, 7) is 4.14. The van der Waals surface area contributed by atoms with Gasteiger partial charge in [0.05, 0.1) is 5.69 Å². The molecule has 0 radical (unpaired) electrons. The van der Waals surface area contributed by atoms with E-state index in [2.05, 4.69) is 62.8 Å². The second-order valence-electron chi connectivity index (χ2n) is 4.61. The minimum absolute atomic E-state index is 0.575. The molecule has 1 atom stereocenters. The van der Waals surface area contributed by atoms with E-state index in [0.717, 1.165) is 8.95 Å². The molecule has 1 heterocycles. The molecule has 4 heteroatoms. The summed E-state index contributed by atoms with van der Waals surface area (Å²) < 4.78 is 1.71. The maximum atomic E-state index is 10.4. The van der Waals surface area contributed by atoms with Crippen LogP contribution in [0.1, 0.15) is 28.5 Å². The zero-order chi connectivity index (χ0) is 14.0. The quantitative estimate of drug-likeness (QED) is 0.844. The minimum Gasteiger partial charge on any atom is -0.386 e. The van der Waals surface area contributed by atoms with Gasteiger partial charge in [0.15, 0.2) is 0 Å². The van der Waals surface area contributed by atoms with Crippen LogP contribution in [-0.2, 0) is 6.42 Å². The van der Waals surface area contributed by atoms with Gasteiger partial charge in [-0.1, -0.05) is 18.2 Å². The molecule has 19 heavy (non-hydrogen) atoms. The fourth-order valence-electron chi connectivity index (χ4n) is 2.13. The van der Waals surface area contributed by atoms with Crippen molar-refractivity contribution in [3.05, 3.63) is 61.8 Å². The van der Waals surface area contributed by atoms with Crippen molar-refractivity contribution in [2.24, 2.45) is 0 Å². The molecule has 0 aliphatic rings. The Hall–Kier alpha value is -0.710. The van der Waals surface area contributed by atoms with Gasteiger partial charge in [-0.2, -0.15) is 0 Å². The fraction of sp³-hybridized carbons (Fsp3) is 0.267. The Kier molecular flexibility index (Phi) is 4.76. The van der Waals surface area contributed by atoms with Gasteiger partial charge in [0.1, 0.15) is 6.10 Å². The number of aromatic nitrogens is 1. The normalized spacial score (nSPS) is 12.5. The van der Waals surface area contributed by atoms with Crippen molar-refractivity contribution in [3.8, 4) is 0 Å². The van der Waals surface area contributed by atoms with E-state index in [1.165, 1.54) is 16.7 Å². The molecule has 0 fully saturated rings. The first-order valence-corrected chi connectivity index (χ1v) is 7.61. The van der Waals surface area contributed by atoms with Crippen molar-refractivity contribution < 1.29 is 5.11 Å². The number of hydrogen-bond acceptors (Lipinski definition) is 2. The molecule has 2 rings (SSSR count). The molecule has 2 nitrogen and oxygen atoms in total. The maximum Gasteiger partial charge on any atom is 0.101 e. The maximum absolute atomic E-state index is 10.4. The van der Waals surface area contributed by atoms with E-state index in [-0.39, 0.29) is 0 Å². The van der Waals surface area contributed by atoms with E-state index >= 15 is 0 Å². The van der Waals surface area contributed by atoms with Gasteiger partial charge in [-0.3, -0.25) is 4.98 Å². The first-order chi connectivity index (χ1) is 8.99. The highest BCUT2D eigenvalue weighted by Gasteiger charge is 2.16. The van der Waals surface area contributed by atoms with Gasteiger partial charge in [0.25, 0.3) is 0 Å². The van der Waals surface area contributed by atoms with Gasteiger partial charge in [0, 0.05) is 21.6 Å². The van der Waals surface area contributed by atoms with Crippen molar-refractivity contribution in [1.29, 1.82) is 0 Å². The number of aliphatic hydroxyl groups is 1. The third kappa shape index (κ3) is 3.44. The summed E-state index contributed by atoms with van der Waals surface area (Å²) in [4.78, 5) is 4.29.